The molecule has 3 rings (SSSR count). The van der Waals surface area contributed by atoms with Crippen LogP contribution in [-0.2, 0) is 20.7 Å². The van der Waals surface area contributed by atoms with Crippen LogP contribution in [0.15, 0.2) is 30.3 Å². The molecular weight excluding hydrogens is 370 g/mol. The maximum atomic E-state index is 13.1. The third-order valence-corrected chi connectivity index (χ3v) is 5.78. The monoisotopic (exact) mass is 401 g/mol. The van der Waals surface area contributed by atoms with Gasteiger partial charge in [0.15, 0.2) is 5.54 Å². The van der Waals surface area contributed by atoms with Crippen LogP contribution >= 0.6 is 0 Å². The summed E-state index contributed by atoms with van der Waals surface area (Å²) >= 11 is 0. The van der Waals surface area contributed by atoms with Crippen molar-refractivity contribution in [2.75, 3.05) is 13.1 Å². The Morgan fingerprint density at radius 1 is 1.14 bits per heavy atom. The molecule has 0 aromatic heterocycles. The van der Waals surface area contributed by atoms with Crippen molar-refractivity contribution in [3.63, 3.8) is 0 Å². The lowest BCUT2D eigenvalue weighted by Crippen LogP contribution is -2.59. The van der Waals surface area contributed by atoms with Crippen LogP contribution in [0, 0.1) is 0 Å². The number of unbranched alkanes of at least 4 members (excludes halogenated alkanes) is 1. The lowest BCUT2D eigenvalue weighted by atomic mass is 9.79. The highest BCUT2D eigenvalue weighted by Gasteiger charge is 2.67. The summed E-state index contributed by atoms with van der Waals surface area (Å²) in [5, 5.41) is 5.62. The average Bonchev–Trinajstić information content (AvgIpc) is 2.97. The first-order valence-corrected chi connectivity index (χ1v) is 10.2. The van der Waals surface area contributed by atoms with E-state index in [0.717, 1.165) is 24.2 Å². The van der Waals surface area contributed by atoms with E-state index in [4.69, 9.17) is 4.74 Å². The molecule has 2 heterocycles. The molecule has 0 saturated carbocycles. The van der Waals surface area contributed by atoms with E-state index in [9.17, 15) is 14.4 Å². The van der Waals surface area contributed by atoms with Gasteiger partial charge >= 0.3 is 6.03 Å². The van der Waals surface area contributed by atoms with Gasteiger partial charge in [0.25, 0.3) is 5.91 Å². The molecule has 4 amide bonds. The van der Waals surface area contributed by atoms with Crippen molar-refractivity contribution in [2.24, 2.45) is 0 Å². The number of imide groups is 1. The molecule has 158 valence electrons. The molecule has 0 aliphatic carbocycles. The van der Waals surface area contributed by atoms with Crippen LogP contribution in [-0.4, -0.2) is 52.6 Å². The molecule has 2 saturated heterocycles. The fourth-order valence-corrected chi connectivity index (χ4v) is 4.49. The predicted molar refractivity (Wildman–Crippen MR) is 109 cm³/mol. The van der Waals surface area contributed by atoms with E-state index in [-0.39, 0.29) is 12.5 Å². The van der Waals surface area contributed by atoms with Crippen molar-refractivity contribution >= 4 is 17.8 Å². The van der Waals surface area contributed by atoms with Gasteiger partial charge in [-0.2, -0.15) is 0 Å². The zero-order valence-corrected chi connectivity index (χ0v) is 17.7. The van der Waals surface area contributed by atoms with Gasteiger partial charge in [-0.25, -0.2) is 4.79 Å². The molecule has 1 aromatic rings. The van der Waals surface area contributed by atoms with Crippen LogP contribution in [0.1, 0.15) is 52.5 Å². The first-order chi connectivity index (χ1) is 13.6. The van der Waals surface area contributed by atoms with Gasteiger partial charge in [-0.1, -0.05) is 30.3 Å². The largest absolute Gasteiger partial charge is 0.367 e. The van der Waals surface area contributed by atoms with E-state index in [1.165, 1.54) is 5.56 Å². The average molecular weight is 402 g/mol. The van der Waals surface area contributed by atoms with Gasteiger partial charge in [0.2, 0.25) is 5.91 Å². The van der Waals surface area contributed by atoms with Crippen molar-refractivity contribution in [2.45, 2.75) is 70.1 Å². The first-order valence-electron chi connectivity index (χ1n) is 10.2. The third kappa shape index (κ3) is 4.29. The van der Waals surface area contributed by atoms with Gasteiger partial charge in [-0.3, -0.25) is 14.5 Å². The van der Waals surface area contributed by atoms with Crippen LogP contribution in [0.5, 0.6) is 0 Å². The number of hydrogen-bond donors (Lipinski definition) is 2. The Hall–Kier alpha value is -2.41. The lowest BCUT2D eigenvalue weighted by Gasteiger charge is -2.33. The minimum absolute atomic E-state index is 0.276. The number of ether oxygens (including phenoxy) is 1. The van der Waals surface area contributed by atoms with Crippen LogP contribution in [0.4, 0.5) is 4.79 Å². The fraction of sp³-hybridized carbons (Fsp3) is 0.591. The molecule has 2 aliphatic heterocycles. The topological polar surface area (TPSA) is 87.7 Å². The van der Waals surface area contributed by atoms with E-state index in [1.54, 1.807) is 13.8 Å². The Morgan fingerprint density at radius 2 is 1.83 bits per heavy atom. The predicted octanol–water partition coefficient (Wildman–Crippen LogP) is 2.39. The highest BCUT2D eigenvalue weighted by Crippen LogP contribution is 2.47. The summed E-state index contributed by atoms with van der Waals surface area (Å²) in [5.41, 5.74) is -1.26. The number of amides is 4. The van der Waals surface area contributed by atoms with Crippen molar-refractivity contribution in [1.29, 1.82) is 0 Å². The molecule has 7 nitrogen and oxygen atoms in total. The summed E-state index contributed by atoms with van der Waals surface area (Å²) in [6.07, 6.45) is 3.11. The molecule has 7 heteroatoms. The van der Waals surface area contributed by atoms with Gasteiger partial charge in [0.1, 0.15) is 6.54 Å². The minimum atomic E-state index is -1.14. The van der Waals surface area contributed by atoms with Crippen molar-refractivity contribution in [3.05, 3.63) is 35.9 Å². The van der Waals surface area contributed by atoms with Gasteiger partial charge in [0, 0.05) is 13.0 Å². The molecule has 2 aliphatic rings. The Morgan fingerprint density at radius 3 is 2.45 bits per heavy atom. The molecule has 2 N–H and O–H groups in total. The number of urea groups is 1. The quantitative estimate of drug-likeness (QED) is 0.542. The minimum Gasteiger partial charge on any atom is -0.367 e. The molecule has 29 heavy (non-hydrogen) atoms. The second kappa shape index (κ2) is 7.78. The number of hydrogen-bond acceptors (Lipinski definition) is 4. The van der Waals surface area contributed by atoms with E-state index in [1.807, 2.05) is 32.0 Å². The Kier molecular flexibility index (Phi) is 5.72. The number of aryl methyl sites for hydroxylation is 1. The molecule has 2 fully saturated rings. The number of nitrogens with one attached hydrogen (secondary N) is 2. The third-order valence-electron chi connectivity index (χ3n) is 5.78. The fourth-order valence-electron chi connectivity index (χ4n) is 4.49. The Balaban J connectivity index is 1.49. The number of rotatable bonds is 7. The molecular formula is C22H31N3O4. The smallest absolute Gasteiger partial charge is 0.325 e. The van der Waals surface area contributed by atoms with E-state index in [0.29, 0.717) is 13.0 Å². The summed E-state index contributed by atoms with van der Waals surface area (Å²) in [4.78, 5) is 38.9. The van der Waals surface area contributed by atoms with Gasteiger partial charge in [0.05, 0.1) is 11.2 Å². The van der Waals surface area contributed by atoms with Gasteiger partial charge in [-0.05, 0) is 52.5 Å². The zero-order valence-electron chi connectivity index (χ0n) is 17.7. The standard InChI is InChI=1S/C22H31N3O4/c1-20(2)15-22(21(3,4)29-20)18(27)25(19(28)24-22)14-17(26)23-13-9-8-12-16-10-6-5-7-11-16/h5-7,10-11H,8-9,12-15H2,1-4H3,(H,23,26)(H,24,28). The number of carbonyl (C=O) groups is 3. The number of nitrogens with zero attached hydrogens (tertiary/aromatic N) is 1. The highest BCUT2D eigenvalue weighted by atomic mass is 16.5. The van der Waals surface area contributed by atoms with E-state index >= 15 is 0 Å². The summed E-state index contributed by atoms with van der Waals surface area (Å²) in [5.74, 6) is -0.724. The molecule has 1 atom stereocenters. The van der Waals surface area contributed by atoms with Gasteiger partial charge in [-0.15, -0.1) is 0 Å². The summed E-state index contributed by atoms with van der Waals surface area (Å²) in [6.45, 7) is 7.64. The summed E-state index contributed by atoms with van der Waals surface area (Å²) in [6, 6.07) is 9.65. The van der Waals surface area contributed by atoms with Crippen molar-refractivity contribution < 1.29 is 19.1 Å². The molecule has 1 spiro atoms. The van der Waals surface area contributed by atoms with Crippen molar-refractivity contribution in [3.8, 4) is 0 Å². The highest BCUT2D eigenvalue weighted by molar-refractivity contribution is 6.10. The second-order valence-electron chi connectivity index (χ2n) is 9.07. The van der Waals surface area contributed by atoms with E-state index in [2.05, 4.69) is 22.8 Å². The normalized spacial score (nSPS) is 24.8. The lowest BCUT2D eigenvalue weighted by molar-refractivity contribution is -0.140. The zero-order chi connectivity index (χ0) is 21.3. The van der Waals surface area contributed by atoms with Crippen LogP contribution in [0.3, 0.4) is 0 Å². The summed E-state index contributed by atoms with van der Waals surface area (Å²) in [7, 11) is 0. The molecule has 0 bridgehead atoms. The number of benzene rings is 1. The van der Waals surface area contributed by atoms with Crippen molar-refractivity contribution in [1.82, 2.24) is 15.5 Å². The van der Waals surface area contributed by atoms with E-state index < -0.39 is 28.7 Å². The maximum Gasteiger partial charge on any atom is 0.325 e. The number of carbonyl (C=O) groups excluding carboxylic acids is 3. The first kappa shape index (κ1) is 21.3. The van der Waals surface area contributed by atoms with Crippen LogP contribution in [0.2, 0.25) is 0 Å². The Bertz CT molecular complexity index is 791. The van der Waals surface area contributed by atoms with Gasteiger partial charge < -0.3 is 15.4 Å². The SMILES string of the molecule is CC1(C)CC2(NC(=O)N(CC(=O)NCCCCc3ccccc3)C2=O)C(C)(C)O1. The van der Waals surface area contributed by atoms with Crippen LogP contribution in [0.25, 0.3) is 0 Å². The maximum absolute atomic E-state index is 13.1. The van der Waals surface area contributed by atoms with Crippen LogP contribution < -0.4 is 10.6 Å². The second-order valence-corrected chi connectivity index (χ2v) is 9.07. The Labute approximate surface area is 172 Å². The summed E-state index contributed by atoms with van der Waals surface area (Å²) < 4.78 is 6.01. The molecule has 0 radical (unpaired) electrons. The molecule has 1 aromatic carbocycles. The molecule has 1 unspecified atom stereocenters.